The van der Waals surface area contributed by atoms with Crippen molar-refractivity contribution in [1.29, 1.82) is 0 Å². The summed E-state index contributed by atoms with van der Waals surface area (Å²) in [5, 5.41) is 3.49. The van der Waals surface area contributed by atoms with Gasteiger partial charge in [-0.25, -0.2) is 9.78 Å². The van der Waals surface area contributed by atoms with E-state index in [4.69, 9.17) is 9.47 Å². The minimum atomic E-state index is -0.378. The summed E-state index contributed by atoms with van der Waals surface area (Å²) < 4.78 is 11.0. The van der Waals surface area contributed by atoms with Crippen LogP contribution < -0.4 is 10.1 Å². The minimum Gasteiger partial charge on any atom is -0.462 e. The summed E-state index contributed by atoms with van der Waals surface area (Å²) >= 11 is 1.48. The molecular weight excluding hydrogens is 412 g/mol. The second-order valence-electron chi connectivity index (χ2n) is 7.53. The van der Waals surface area contributed by atoms with Crippen molar-refractivity contribution in [3.05, 3.63) is 70.2 Å². The lowest BCUT2D eigenvalue weighted by atomic mass is 9.88. The number of esters is 1. The number of hydrogen-bond donors (Lipinski definition) is 1. The molecule has 1 aromatic carbocycles. The number of carbonyl (C=O) groups excluding carboxylic acids is 2. The van der Waals surface area contributed by atoms with Crippen LogP contribution in [0.5, 0.6) is 11.6 Å². The first-order valence-electron chi connectivity index (χ1n) is 10.4. The lowest BCUT2D eigenvalue weighted by molar-refractivity contribution is 0.0526. The van der Waals surface area contributed by atoms with Crippen molar-refractivity contribution in [1.82, 2.24) is 4.98 Å². The van der Waals surface area contributed by atoms with Gasteiger partial charge in [0.2, 0.25) is 5.88 Å². The molecule has 0 bridgehead atoms. The summed E-state index contributed by atoms with van der Waals surface area (Å²) in [6, 6.07) is 12.3. The average Bonchev–Trinajstić information content (AvgIpc) is 3.11. The van der Waals surface area contributed by atoms with E-state index in [1.165, 1.54) is 11.3 Å². The Morgan fingerprint density at radius 2 is 2.10 bits per heavy atom. The Hall–Kier alpha value is -3.19. The van der Waals surface area contributed by atoms with Gasteiger partial charge in [-0.3, -0.25) is 4.79 Å². The number of anilines is 1. The van der Waals surface area contributed by atoms with Gasteiger partial charge < -0.3 is 14.8 Å². The molecule has 0 spiro atoms. The molecule has 7 heteroatoms. The first-order valence-corrected chi connectivity index (χ1v) is 11.2. The van der Waals surface area contributed by atoms with Crippen LogP contribution in [0.2, 0.25) is 0 Å². The molecule has 4 rings (SSSR count). The number of aromatic nitrogens is 1. The number of benzene rings is 1. The number of nitrogens with one attached hydrogen (secondary N) is 1. The molecule has 1 amide bonds. The lowest BCUT2D eigenvalue weighted by Gasteiger charge is -2.18. The molecule has 2 aromatic heterocycles. The second-order valence-corrected chi connectivity index (χ2v) is 8.63. The summed E-state index contributed by atoms with van der Waals surface area (Å²) in [7, 11) is 0. The van der Waals surface area contributed by atoms with E-state index in [1.807, 2.05) is 6.07 Å². The van der Waals surface area contributed by atoms with Crippen LogP contribution in [0.4, 0.5) is 5.00 Å². The normalized spacial score (nSPS) is 15.1. The Balaban J connectivity index is 1.58. The van der Waals surface area contributed by atoms with Crippen LogP contribution in [0.25, 0.3) is 0 Å². The Morgan fingerprint density at radius 3 is 2.87 bits per heavy atom. The van der Waals surface area contributed by atoms with Crippen molar-refractivity contribution in [2.24, 2.45) is 5.92 Å². The molecule has 1 atom stereocenters. The monoisotopic (exact) mass is 436 g/mol. The van der Waals surface area contributed by atoms with Crippen molar-refractivity contribution in [3.8, 4) is 11.6 Å². The van der Waals surface area contributed by atoms with Crippen LogP contribution >= 0.6 is 11.3 Å². The Labute approximate surface area is 185 Å². The van der Waals surface area contributed by atoms with E-state index in [0.717, 1.165) is 29.7 Å². The largest absolute Gasteiger partial charge is 0.462 e. The first-order chi connectivity index (χ1) is 15.0. The van der Waals surface area contributed by atoms with Crippen LogP contribution in [-0.4, -0.2) is 23.5 Å². The van der Waals surface area contributed by atoms with Crippen LogP contribution in [-0.2, 0) is 17.6 Å². The molecule has 3 aromatic rings. The van der Waals surface area contributed by atoms with Gasteiger partial charge in [-0.1, -0.05) is 19.1 Å². The van der Waals surface area contributed by atoms with Gasteiger partial charge in [-0.05, 0) is 61.9 Å². The zero-order chi connectivity index (χ0) is 21.8. The van der Waals surface area contributed by atoms with E-state index in [9.17, 15) is 9.59 Å². The van der Waals surface area contributed by atoms with Crippen molar-refractivity contribution >= 4 is 28.2 Å². The zero-order valence-electron chi connectivity index (χ0n) is 17.5. The average molecular weight is 437 g/mol. The van der Waals surface area contributed by atoms with Gasteiger partial charge in [-0.2, -0.15) is 0 Å². The third-order valence-electron chi connectivity index (χ3n) is 5.17. The van der Waals surface area contributed by atoms with E-state index >= 15 is 0 Å². The SMILES string of the molecule is CCOC(=O)c1c(NC(=O)c2cccc(Oc3ccccn3)c2)sc2c1CCC(C)C2. The first kappa shape index (κ1) is 21.1. The van der Waals surface area contributed by atoms with E-state index in [-0.39, 0.29) is 11.9 Å². The molecular formula is C24H24N2O4S. The summed E-state index contributed by atoms with van der Waals surface area (Å²) in [6.45, 7) is 4.28. The summed E-state index contributed by atoms with van der Waals surface area (Å²) in [6.07, 6.45) is 4.40. The maximum absolute atomic E-state index is 13.0. The maximum atomic E-state index is 13.0. The molecule has 1 aliphatic carbocycles. The van der Waals surface area contributed by atoms with E-state index in [0.29, 0.717) is 40.3 Å². The molecule has 1 unspecified atom stereocenters. The third-order valence-corrected chi connectivity index (χ3v) is 6.34. The molecule has 0 radical (unpaired) electrons. The number of ether oxygens (including phenoxy) is 2. The van der Waals surface area contributed by atoms with Crippen LogP contribution in [0.1, 0.15) is 51.4 Å². The predicted molar refractivity (Wildman–Crippen MR) is 120 cm³/mol. The van der Waals surface area contributed by atoms with E-state index in [2.05, 4.69) is 17.2 Å². The van der Waals surface area contributed by atoms with Gasteiger partial charge in [0.1, 0.15) is 10.8 Å². The van der Waals surface area contributed by atoms with Gasteiger partial charge in [0.05, 0.1) is 12.2 Å². The number of rotatable bonds is 6. The Bertz CT molecular complexity index is 1090. The summed E-state index contributed by atoms with van der Waals surface area (Å²) in [5.74, 6) is 0.840. The predicted octanol–water partition coefficient (Wildman–Crippen LogP) is 5.49. The van der Waals surface area contributed by atoms with Gasteiger partial charge in [0.15, 0.2) is 0 Å². The molecule has 2 heterocycles. The van der Waals surface area contributed by atoms with Crippen LogP contribution in [0, 0.1) is 5.92 Å². The fraction of sp³-hybridized carbons (Fsp3) is 0.292. The molecule has 31 heavy (non-hydrogen) atoms. The fourth-order valence-corrected chi connectivity index (χ4v) is 5.06. The number of fused-ring (bicyclic) bond motifs is 1. The molecule has 0 fully saturated rings. The standard InChI is InChI=1S/C24H24N2O4S/c1-3-29-24(28)21-18-11-10-15(2)13-19(18)31-23(21)26-22(27)16-7-6-8-17(14-16)30-20-9-4-5-12-25-20/h4-9,12,14-15H,3,10-11,13H2,1-2H3,(H,26,27). The van der Waals surface area contributed by atoms with Gasteiger partial charge in [-0.15, -0.1) is 11.3 Å². The molecule has 1 N–H and O–H groups in total. The van der Waals surface area contributed by atoms with Crippen molar-refractivity contribution in [3.63, 3.8) is 0 Å². The topological polar surface area (TPSA) is 77.5 Å². The minimum absolute atomic E-state index is 0.292. The smallest absolute Gasteiger partial charge is 0.341 e. The molecule has 1 aliphatic rings. The molecule has 6 nitrogen and oxygen atoms in total. The number of pyridine rings is 1. The summed E-state index contributed by atoms with van der Waals surface area (Å²) in [5.41, 5.74) is 1.95. The van der Waals surface area contributed by atoms with Gasteiger partial charge in [0, 0.05) is 22.7 Å². The van der Waals surface area contributed by atoms with Crippen LogP contribution in [0.3, 0.4) is 0 Å². The molecule has 0 saturated carbocycles. The molecule has 160 valence electrons. The quantitative estimate of drug-likeness (QED) is 0.517. The molecule has 0 aliphatic heterocycles. The van der Waals surface area contributed by atoms with Crippen molar-refractivity contribution < 1.29 is 19.1 Å². The van der Waals surface area contributed by atoms with E-state index < -0.39 is 0 Å². The Morgan fingerprint density at radius 1 is 1.23 bits per heavy atom. The van der Waals surface area contributed by atoms with Crippen molar-refractivity contribution in [2.75, 3.05) is 11.9 Å². The van der Waals surface area contributed by atoms with Gasteiger partial charge in [0.25, 0.3) is 5.91 Å². The number of nitrogens with zero attached hydrogens (tertiary/aromatic N) is 1. The number of hydrogen-bond acceptors (Lipinski definition) is 6. The molecule has 0 saturated heterocycles. The highest BCUT2D eigenvalue weighted by Gasteiger charge is 2.29. The maximum Gasteiger partial charge on any atom is 0.341 e. The second kappa shape index (κ2) is 9.31. The van der Waals surface area contributed by atoms with Crippen LogP contribution in [0.15, 0.2) is 48.7 Å². The highest BCUT2D eigenvalue weighted by atomic mass is 32.1. The number of carbonyl (C=O) groups is 2. The highest BCUT2D eigenvalue weighted by molar-refractivity contribution is 7.17. The third kappa shape index (κ3) is 4.77. The highest BCUT2D eigenvalue weighted by Crippen LogP contribution is 2.40. The number of thiophene rings is 1. The Kier molecular flexibility index (Phi) is 6.32. The van der Waals surface area contributed by atoms with Gasteiger partial charge >= 0.3 is 5.97 Å². The summed E-state index contributed by atoms with van der Waals surface area (Å²) in [4.78, 5) is 31.0. The van der Waals surface area contributed by atoms with E-state index in [1.54, 1.807) is 49.5 Å². The number of amides is 1. The zero-order valence-corrected chi connectivity index (χ0v) is 18.3. The van der Waals surface area contributed by atoms with Crippen molar-refractivity contribution in [2.45, 2.75) is 33.1 Å². The fourth-order valence-electron chi connectivity index (χ4n) is 3.66. The lowest BCUT2D eigenvalue weighted by Crippen LogP contribution is -2.16.